The average molecular weight is 165 g/mol. The standard InChI is InChI=1S/C10H15NO/c1-8(2)6-10(11-3)12-7-9-4-5-9/h6,9H,1,3-5,7H2,2H3/b10-6+. The summed E-state index contributed by atoms with van der Waals surface area (Å²) in [5.74, 6) is 1.34. The molecule has 66 valence electrons. The Labute approximate surface area is 73.6 Å². The fourth-order valence-corrected chi connectivity index (χ4v) is 0.831. The second kappa shape index (κ2) is 4.10. The first kappa shape index (κ1) is 9.04. The highest BCUT2D eigenvalue weighted by molar-refractivity contribution is 5.29. The van der Waals surface area contributed by atoms with Crippen LogP contribution in [0.2, 0.25) is 0 Å². The highest BCUT2D eigenvalue weighted by Gasteiger charge is 2.22. The lowest BCUT2D eigenvalue weighted by Gasteiger charge is -2.03. The van der Waals surface area contributed by atoms with Crippen molar-refractivity contribution < 1.29 is 4.74 Å². The lowest BCUT2D eigenvalue weighted by atomic mass is 10.3. The Morgan fingerprint density at radius 3 is 2.75 bits per heavy atom. The first-order valence-corrected chi connectivity index (χ1v) is 4.19. The molecule has 0 unspecified atom stereocenters. The summed E-state index contributed by atoms with van der Waals surface area (Å²) in [6, 6.07) is 0. The largest absolute Gasteiger partial charge is 0.477 e. The molecular formula is C10H15NO. The summed E-state index contributed by atoms with van der Waals surface area (Å²) < 4.78 is 5.40. The maximum absolute atomic E-state index is 5.40. The molecule has 1 rings (SSSR count). The van der Waals surface area contributed by atoms with Gasteiger partial charge in [-0.05, 0) is 32.4 Å². The molecule has 2 nitrogen and oxygen atoms in total. The third-order valence-corrected chi connectivity index (χ3v) is 1.69. The summed E-state index contributed by atoms with van der Waals surface area (Å²) in [7, 11) is 0. The first-order valence-electron chi connectivity index (χ1n) is 4.19. The van der Waals surface area contributed by atoms with Gasteiger partial charge in [-0.3, -0.25) is 0 Å². The van der Waals surface area contributed by atoms with Crippen molar-refractivity contribution in [3.05, 3.63) is 24.1 Å². The van der Waals surface area contributed by atoms with E-state index in [0.29, 0.717) is 5.88 Å². The number of hydrogen-bond acceptors (Lipinski definition) is 2. The summed E-state index contributed by atoms with van der Waals surface area (Å²) in [5.41, 5.74) is 0.938. The average Bonchev–Trinajstić information content (AvgIpc) is 2.80. The maximum Gasteiger partial charge on any atom is 0.212 e. The zero-order valence-electron chi connectivity index (χ0n) is 7.55. The molecule has 0 bridgehead atoms. The smallest absolute Gasteiger partial charge is 0.212 e. The molecule has 1 saturated carbocycles. The molecule has 0 spiro atoms. The van der Waals surface area contributed by atoms with E-state index in [2.05, 4.69) is 18.3 Å². The Bertz CT molecular complexity index is 214. The Morgan fingerprint density at radius 2 is 2.33 bits per heavy atom. The number of hydrogen-bond donors (Lipinski definition) is 0. The van der Waals surface area contributed by atoms with E-state index in [4.69, 9.17) is 4.74 Å². The van der Waals surface area contributed by atoms with Crippen molar-refractivity contribution in [1.29, 1.82) is 0 Å². The molecule has 0 aliphatic heterocycles. The maximum atomic E-state index is 5.40. The second-order valence-corrected chi connectivity index (χ2v) is 3.24. The van der Waals surface area contributed by atoms with Crippen molar-refractivity contribution in [1.82, 2.24) is 0 Å². The van der Waals surface area contributed by atoms with Gasteiger partial charge in [0.2, 0.25) is 5.88 Å². The van der Waals surface area contributed by atoms with Crippen LogP contribution < -0.4 is 0 Å². The number of allylic oxidation sites excluding steroid dienone is 2. The van der Waals surface area contributed by atoms with E-state index < -0.39 is 0 Å². The van der Waals surface area contributed by atoms with Gasteiger partial charge in [-0.1, -0.05) is 12.2 Å². The molecule has 12 heavy (non-hydrogen) atoms. The summed E-state index contributed by atoms with van der Waals surface area (Å²) in [6.07, 6.45) is 4.38. The summed E-state index contributed by atoms with van der Waals surface area (Å²) >= 11 is 0. The van der Waals surface area contributed by atoms with Gasteiger partial charge in [0.25, 0.3) is 0 Å². The molecule has 1 aliphatic rings. The predicted octanol–water partition coefficient (Wildman–Crippen LogP) is 2.53. The topological polar surface area (TPSA) is 21.6 Å². The first-order chi connectivity index (χ1) is 5.72. The minimum atomic E-state index is 0.592. The molecule has 0 N–H and O–H groups in total. The molecular weight excluding hydrogens is 150 g/mol. The Kier molecular flexibility index (Phi) is 3.09. The minimum absolute atomic E-state index is 0.592. The van der Waals surface area contributed by atoms with Gasteiger partial charge in [0.05, 0.1) is 6.61 Å². The van der Waals surface area contributed by atoms with Crippen LogP contribution in [0.1, 0.15) is 19.8 Å². The fraction of sp³-hybridized carbons (Fsp3) is 0.500. The normalized spacial score (nSPS) is 17.2. The molecule has 0 atom stereocenters. The van der Waals surface area contributed by atoms with E-state index in [9.17, 15) is 0 Å². The predicted molar refractivity (Wildman–Crippen MR) is 51.1 cm³/mol. The van der Waals surface area contributed by atoms with E-state index in [-0.39, 0.29) is 0 Å². The summed E-state index contributed by atoms with van der Waals surface area (Å²) in [4.78, 5) is 3.76. The quantitative estimate of drug-likeness (QED) is 0.348. The van der Waals surface area contributed by atoms with Gasteiger partial charge in [0.1, 0.15) is 0 Å². The van der Waals surface area contributed by atoms with Gasteiger partial charge in [-0.15, -0.1) is 0 Å². The Balaban J connectivity index is 2.32. The van der Waals surface area contributed by atoms with E-state index in [1.165, 1.54) is 12.8 Å². The van der Waals surface area contributed by atoms with Gasteiger partial charge < -0.3 is 4.74 Å². The van der Waals surface area contributed by atoms with Crippen molar-refractivity contribution in [2.45, 2.75) is 19.8 Å². The monoisotopic (exact) mass is 165 g/mol. The minimum Gasteiger partial charge on any atom is -0.477 e. The van der Waals surface area contributed by atoms with Crippen LogP contribution in [0, 0.1) is 5.92 Å². The zero-order valence-corrected chi connectivity index (χ0v) is 7.55. The zero-order chi connectivity index (χ0) is 8.97. The van der Waals surface area contributed by atoms with Crippen molar-refractivity contribution in [3.8, 4) is 0 Å². The van der Waals surface area contributed by atoms with Crippen LogP contribution in [0.15, 0.2) is 29.1 Å². The van der Waals surface area contributed by atoms with Crippen molar-refractivity contribution in [2.75, 3.05) is 6.61 Å². The highest BCUT2D eigenvalue weighted by atomic mass is 16.5. The molecule has 0 amide bonds. The highest BCUT2D eigenvalue weighted by Crippen LogP contribution is 2.29. The van der Waals surface area contributed by atoms with Crippen LogP contribution >= 0.6 is 0 Å². The molecule has 0 aromatic rings. The lowest BCUT2D eigenvalue weighted by Crippen LogP contribution is -1.94. The third-order valence-electron chi connectivity index (χ3n) is 1.69. The van der Waals surface area contributed by atoms with Gasteiger partial charge in [0, 0.05) is 6.08 Å². The van der Waals surface area contributed by atoms with Crippen LogP contribution in [0.4, 0.5) is 0 Å². The SMILES string of the molecule is C=N/C(=C\C(=C)C)OCC1CC1. The second-order valence-electron chi connectivity index (χ2n) is 3.24. The molecule has 0 radical (unpaired) electrons. The van der Waals surface area contributed by atoms with Crippen molar-refractivity contribution in [2.24, 2.45) is 10.9 Å². The Hall–Kier alpha value is -1.05. The summed E-state index contributed by atoms with van der Waals surface area (Å²) in [5, 5.41) is 0. The van der Waals surface area contributed by atoms with E-state index in [0.717, 1.165) is 18.1 Å². The van der Waals surface area contributed by atoms with Crippen LogP contribution in [-0.4, -0.2) is 13.3 Å². The van der Waals surface area contributed by atoms with Crippen LogP contribution in [0.25, 0.3) is 0 Å². The van der Waals surface area contributed by atoms with Crippen molar-refractivity contribution >= 4 is 6.72 Å². The van der Waals surface area contributed by atoms with Crippen LogP contribution in [-0.2, 0) is 4.74 Å². The lowest BCUT2D eigenvalue weighted by molar-refractivity contribution is 0.197. The van der Waals surface area contributed by atoms with Gasteiger partial charge >= 0.3 is 0 Å². The number of rotatable bonds is 5. The van der Waals surface area contributed by atoms with Crippen molar-refractivity contribution in [3.63, 3.8) is 0 Å². The van der Waals surface area contributed by atoms with Gasteiger partial charge in [-0.2, -0.15) is 0 Å². The molecule has 0 heterocycles. The third kappa shape index (κ3) is 3.37. The molecule has 2 heteroatoms. The molecule has 0 saturated heterocycles. The van der Waals surface area contributed by atoms with E-state index in [1.54, 1.807) is 6.08 Å². The van der Waals surface area contributed by atoms with E-state index in [1.807, 2.05) is 6.92 Å². The van der Waals surface area contributed by atoms with Gasteiger partial charge in [-0.25, -0.2) is 4.99 Å². The molecule has 0 aromatic heterocycles. The Morgan fingerprint density at radius 1 is 1.67 bits per heavy atom. The van der Waals surface area contributed by atoms with E-state index >= 15 is 0 Å². The molecule has 1 fully saturated rings. The van der Waals surface area contributed by atoms with Crippen LogP contribution in [0.3, 0.4) is 0 Å². The number of nitrogens with zero attached hydrogens (tertiary/aromatic N) is 1. The molecule has 0 aromatic carbocycles. The number of ether oxygens (including phenoxy) is 1. The van der Waals surface area contributed by atoms with Gasteiger partial charge in [0.15, 0.2) is 0 Å². The van der Waals surface area contributed by atoms with Crippen LogP contribution in [0.5, 0.6) is 0 Å². The molecule has 1 aliphatic carbocycles. The fourth-order valence-electron chi connectivity index (χ4n) is 0.831. The number of aliphatic imine (C=N–C) groups is 1. The summed E-state index contributed by atoms with van der Waals surface area (Å²) in [6.45, 7) is 9.85.